The molecule has 2 aliphatic heterocycles. The van der Waals surface area contributed by atoms with Gasteiger partial charge in [0.1, 0.15) is 13.2 Å². The Bertz CT molecular complexity index is 419. The standard InChI is InChI=1S/C13H17NO3/c15-4-2-9-1-3-14-11-8-13-12(7-10(9)11)16-5-6-17-13/h7-9,14-15H,1-6H2. The zero-order chi connectivity index (χ0) is 11.7. The lowest BCUT2D eigenvalue weighted by atomic mass is 9.88. The van der Waals surface area contributed by atoms with Crippen LogP contribution in [-0.2, 0) is 0 Å². The number of rotatable bonds is 2. The van der Waals surface area contributed by atoms with Crippen LogP contribution in [0.25, 0.3) is 0 Å². The Balaban J connectivity index is 1.98. The van der Waals surface area contributed by atoms with Gasteiger partial charge >= 0.3 is 0 Å². The van der Waals surface area contributed by atoms with E-state index in [0.29, 0.717) is 19.1 Å². The summed E-state index contributed by atoms with van der Waals surface area (Å²) in [6.07, 6.45) is 1.88. The number of hydrogen-bond donors (Lipinski definition) is 2. The van der Waals surface area contributed by atoms with Gasteiger partial charge in [-0.1, -0.05) is 0 Å². The molecule has 2 heterocycles. The van der Waals surface area contributed by atoms with Crippen LogP contribution in [0.4, 0.5) is 5.69 Å². The van der Waals surface area contributed by atoms with Gasteiger partial charge in [0.25, 0.3) is 0 Å². The highest BCUT2D eigenvalue weighted by molar-refractivity contribution is 5.63. The fourth-order valence-corrected chi connectivity index (χ4v) is 2.59. The SMILES string of the molecule is OCCC1CCNc2cc3c(cc21)OCCO3. The molecule has 17 heavy (non-hydrogen) atoms. The van der Waals surface area contributed by atoms with Gasteiger partial charge in [-0.25, -0.2) is 0 Å². The molecule has 0 bridgehead atoms. The van der Waals surface area contributed by atoms with E-state index in [1.54, 1.807) is 0 Å². The van der Waals surface area contributed by atoms with Gasteiger partial charge in [0, 0.05) is 24.9 Å². The van der Waals surface area contributed by atoms with E-state index < -0.39 is 0 Å². The molecular formula is C13H17NO3. The second-order valence-corrected chi connectivity index (χ2v) is 4.51. The summed E-state index contributed by atoms with van der Waals surface area (Å²) < 4.78 is 11.2. The quantitative estimate of drug-likeness (QED) is 0.819. The van der Waals surface area contributed by atoms with E-state index in [9.17, 15) is 0 Å². The molecule has 2 N–H and O–H groups in total. The average molecular weight is 235 g/mol. The molecule has 2 aliphatic rings. The van der Waals surface area contributed by atoms with E-state index in [1.807, 2.05) is 6.07 Å². The van der Waals surface area contributed by atoms with Crippen molar-refractivity contribution in [2.24, 2.45) is 0 Å². The molecule has 0 fully saturated rings. The monoisotopic (exact) mass is 235 g/mol. The van der Waals surface area contributed by atoms with Gasteiger partial charge in [-0.3, -0.25) is 0 Å². The molecule has 3 rings (SSSR count). The normalized spacial score (nSPS) is 21.6. The van der Waals surface area contributed by atoms with E-state index in [-0.39, 0.29) is 6.61 Å². The Hall–Kier alpha value is -1.42. The zero-order valence-electron chi connectivity index (χ0n) is 9.74. The number of anilines is 1. The summed E-state index contributed by atoms with van der Waals surface area (Å²) in [7, 11) is 0. The molecule has 4 heteroatoms. The fourth-order valence-electron chi connectivity index (χ4n) is 2.59. The van der Waals surface area contributed by atoms with Crippen LogP contribution in [0.5, 0.6) is 11.5 Å². The van der Waals surface area contributed by atoms with Crippen LogP contribution in [-0.4, -0.2) is 31.5 Å². The van der Waals surface area contributed by atoms with Crippen molar-refractivity contribution in [2.45, 2.75) is 18.8 Å². The summed E-state index contributed by atoms with van der Waals surface area (Å²) in [5.41, 5.74) is 2.37. The molecule has 1 aromatic rings. The summed E-state index contributed by atoms with van der Waals surface area (Å²) >= 11 is 0. The summed E-state index contributed by atoms with van der Waals surface area (Å²) in [6.45, 7) is 2.42. The van der Waals surface area contributed by atoms with Gasteiger partial charge in [-0.2, -0.15) is 0 Å². The fraction of sp³-hybridized carbons (Fsp3) is 0.538. The highest BCUT2D eigenvalue weighted by atomic mass is 16.6. The van der Waals surface area contributed by atoms with Crippen molar-refractivity contribution < 1.29 is 14.6 Å². The minimum absolute atomic E-state index is 0.235. The molecule has 0 spiro atoms. The molecule has 92 valence electrons. The molecule has 0 radical (unpaired) electrons. The first-order valence-electron chi connectivity index (χ1n) is 6.17. The summed E-state index contributed by atoms with van der Waals surface area (Å²) in [5, 5.41) is 12.5. The molecule has 0 aliphatic carbocycles. The lowest BCUT2D eigenvalue weighted by molar-refractivity contribution is 0.171. The van der Waals surface area contributed by atoms with Crippen molar-refractivity contribution in [3.8, 4) is 11.5 Å². The third-order valence-corrected chi connectivity index (χ3v) is 3.44. The second kappa shape index (κ2) is 4.45. The van der Waals surface area contributed by atoms with Gasteiger partial charge < -0.3 is 19.9 Å². The van der Waals surface area contributed by atoms with Crippen LogP contribution in [0.1, 0.15) is 24.3 Å². The van der Waals surface area contributed by atoms with Gasteiger partial charge in [-0.05, 0) is 30.4 Å². The van der Waals surface area contributed by atoms with Crippen LogP contribution in [0.15, 0.2) is 12.1 Å². The van der Waals surface area contributed by atoms with E-state index >= 15 is 0 Å². The molecule has 0 amide bonds. The molecular weight excluding hydrogens is 218 g/mol. The van der Waals surface area contributed by atoms with Crippen molar-refractivity contribution in [2.75, 3.05) is 31.7 Å². The number of aliphatic hydroxyl groups is 1. The van der Waals surface area contributed by atoms with Crippen LogP contribution >= 0.6 is 0 Å². The van der Waals surface area contributed by atoms with Gasteiger partial charge in [0.15, 0.2) is 11.5 Å². The molecule has 1 aromatic carbocycles. The number of aliphatic hydroxyl groups excluding tert-OH is 1. The zero-order valence-corrected chi connectivity index (χ0v) is 9.74. The van der Waals surface area contributed by atoms with E-state index in [0.717, 1.165) is 36.6 Å². The van der Waals surface area contributed by atoms with Crippen LogP contribution in [0, 0.1) is 0 Å². The van der Waals surface area contributed by atoms with Crippen LogP contribution < -0.4 is 14.8 Å². The molecule has 1 atom stereocenters. The van der Waals surface area contributed by atoms with Crippen molar-refractivity contribution in [1.29, 1.82) is 0 Å². The summed E-state index contributed by atoms with van der Waals surface area (Å²) in [5.74, 6) is 2.08. The maximum absolute atomic E-state index is 9.11. The van der Waals surface area contributed by atoms with E-state index in [4.69, 9.17) is 14.6 Å². The minimum Gasteiger partial charge on any atom is -0.486 e. The van der Waals surface area contributed by atoms with Crippen molar-refractivity contribution in [3.63, 3.8) is 0 Å². The highest BCUT2D eigenvalue weighted by Gasteiger charge is 2.23. The molecule has 0 saturated heterocycles. The number of benzene rings is 1. The van der Waals surface area contributed by atoms with Crippen molar-refractivity contribution in [1.82, 2.24) is 0 Å². The first kappa shape index (κ1) is 10.7. The van der Waals surface area contributed by atoms with Crippen LogP contribution in [0.2, 0.25) is 0 Å². The first-order chi connectivity index (χ1) is 8.38. The highest BCUT2D eigenvalue weighted by Crippen LogP contribution is 2.42. The lowest BCUT2D eigenvalue weighted by Gasteiger charge is -2.29. The van der Waals surface area contributed by atoms with Crippen LogP contribution in [0.3, 0.4) is 0 Å². The van der Waals surface area contributed by atoms with Crippen molar-refractivity contribution in [3.05, 3.63) is 17.7 Å². The Kier molecular flexibility index (Phi) is 2.81. The van der Waals surface area contributed by atoms with Gasteiger partial charge in [0.05, 0.1) is 0 Å². The predicted molar refractivity (Wildman–Crippen MR) is 65.0 cm³/mol. The molecule has 0 aromatic heterocycles. The third-order valence-electron chi connectivity index (χ3n) is 3.44. The number of fused-ring (bicyclic) bond motifs is 2. The topological polar surface area (TPSA) is 50.7 Å². The molecule has 1 unspecified atom stereocenters. The Morgan fingerprint density at radius 1 is 1.24 bits per heavy atom. The third kappa shape index (κ3) is 1.93. The molecule has 4 nitrogen and oxygen atoms in total. The lowest BCUT2D eigenvalue weighted by Crippen LogP contribution is -2.20. The van der Waals surface area contributed by atoms with Gasteiger partial charge in [0.2, 0.25) is 0 Å². The van der Waals surface area contributed by atoms with Gasteiger partial charge in [-0.15, -0.1) is 0 Å². The van der Waals surface area contributed by atoms with E-state index in [1.165, 1.54) is 5.56 Å². The average Bonchev–Trinajstić information content (AvgIpc) is 2.37. The Labute approximate surface area is 101 Å². The Morgan fingerprint density at radius 2 is 2.00 bits per heavy atom. The molecule has 0 saturated carbocycles. The smallest absolute Gasteiger partial charge is 0.163 e. The summed E-state index contributed by atoms with van der Waals surface area (Å²) in [6, 6.07) is 4.09. The number of nitrogens with one attached hydrogen (secondary N) is 1. The largest absolute Gasteiger partial charge is 0.486 e. The summed E-state index contributed by atoms with van der Waals surface area (Å²) in [4.78, 5) is 0. The van der Waals surface area contributed by atoms with E-state index in [2.05, 4.69) is 11.4 Å². The number of ether oxygens (including phenoxy) is 2. The maximum atomic E-state index is 9.11. The number of hydrogen-bond acceptors (Lipinski definition) is 4. The first-order valence-corrected chi connectivity index (χ1v) is 6.17. The van der Waals surface area contributed by atoms with Crippen molar-refractivity contribution >= 4 is 5.69 Å². The maximum Gasteiger partial charge on any atom is 0.163 e. The minimum atomic E-state index is 0.235. The predicted octanol–water partition coefficient (Wildman–Crippen LogP) is 1.74. The second-order valence-electron chi connectivity index (χ2n) is 4.51. The Morgan fingerprint density at radius 3 is 2.76 bits per heavy atom.